The van der Waals surface area contributed by atoms with Crippen LogP contribution in [0.3, 0.4) is 0 Å². The molecule has 0 fully saturated rings. The zero-order chi connectivity index (χ0) is 18.1. The lowest BCUT2D eigenvalue weighted by atomic mass is 9.98. The zero-order valence-corrected chi connectivity index (χ0v) is 16.1. The predicted molar refractivity (Wildman–Crippen MR) is 108 cm³/mol. The Bertz CT molecular complexity index is 972. The van der Waals surface area contributed by atoms with Gasteiger partial charge in [-0.15, -0.1) is 0 Å². The number of para-hydroxylation sites is 1. The van der Waals surface area contributed by atoms with Crippen LogP contribution in [-0.2, 0) is 0 Å². The van der Waals surface area contributed by atoms with Crippen molar-refractivity contribution >= 4 is 38.9 Å². The summed E-state index contributed by atoms with van der Waals surface area (Å²) in [5, 5.41) is 7.40. The van der Waals surface area contributed by atoms with Gasteiger partial charge in [0.1, 0.15) is 5.82 Å². The molecule has 0 aliphatic carbocycles. The average molecular weight is 430 g/mol. The van der Waals surface area contributed by atoms with Crippen LogP contribution in [0.5, 0.6) is 0 Å². The predicted octanol–water partition coefficient (Wildman–Crippen LogP) is 6.60. The summed E-state index contributed by atoms with van der Waals surface area (Å²) in [5.41, 5.74) is 3.44. The van der Waals surface area contributed by atoms with E-state index in [1.807, 2.05) is 65.7 Å². The van der Waals surface area contributed by atoms with E-state index >= 15 is 0 Å². The first-order valence-electron chi connectivity index (χ1n) is 8.25. The third kappa shape index (κ3) is 3.27. The molecule has 0 N–H and O–H groups in total. The minimum Gasteiger partial charge on any atom is -0.256 e. The number of hydrogen-bond donors (Lipinski definition) is 0. The van der Waals surface area contributed by atoms with E-state index in [0.717, 1.165) is 21.4 Å². The van der Waals surface area contributed by atoms with Gasteiger partial charge < -0.3 is 0 Å². The molecule has 1 unspecified atom stereocenters. The SMILES string of the molecule is Fc1ccccc1C1CC(c2ccc(Cl)cc2)=NN1c1ccccc1Br. The summed E-state index contributed by atoms with van der Waals surface area (Å²) >= 11 is 9.59. The summed E-state index contributed by atoms with van der Waals surface area (Å²) in [6.07, 6.45) is 0.615. The number of anilines is 1. The lowest BCUT2D eigenvalue weighted by molar-refractivity contribution is 0.579. The van der Waals surface area contributed by atoms with E-state index in [4.69, 9.17) is 16.7 Å². The maximum absolute atomic E-state index is 14.5. The van der Waals surface area contributed by atoms with Crippen LogP contribution in [0.2, 0.25) is 5.02 Å². The number of halogens is 3. The van der Waals surface area contributed by atoms with E-state index in [9.17, 15) is 4.39 Å². The molecule has 0 amide bonds. The lowest BCUT2D eigenvalue weighted by Crippen LogP contribution is -2.20. The van der Waals surface area contributed by atoms with E-state index in [0.29, 0.717) is 17.0 Å². The molecular weight excluding hydrogens is 415 g/mol. The largest absolute Gasteiger partial charge is 0.256 e. The van der Waals surface area contributed by atoms with Crippen molar-refractivity contribution in [2.75, 3.05) is 5.01 Å². The van der Waals surface area contributed by atoms with Gasteiger partial charge in [0.2, 0.25) is 0 Å². The van der Waals surface area contributed by atoms with Gasteiger partial charge >= 0.3 is 0 Å². The first-order valence-corrected chi connectivity index (χ1v) is 9.42. The fraction of sp³-hybridized carbons (Fsp3) is 0.0952. The second-order valence-corrected chi connectivity index (χ2v) is 7.38. The topological polar surface area (TPSA) is 15.6 Å². The Balaban J connectivity index is 1.80. The molecule has 26 heavy (non-hydrogen) atoms. The van der Waals surface area contributed by atoms with Gasteiger partial charge in [-0.3, -0.25) is 5.01 Å². The normalized spacial score (nSPS) is 16.7. The standard InChI is InChI=1S/C21H15BrClFN2/c22-17-6-2-4-8-20(17)26-21(16-5-1-3-7-18(16)24)13-19(25-26)14-9-11-15(23)12-10-14/h1-12,21H,13H2. The van der Waals surface area contributed by atoms with Crippen LogP contribution in [0.4, 0.5) is 10.1 Å². The summed E-state index contributed by atoms with van der Waals surface area (Å²) < 4.78 is 15.4. The van der Waals surface area contributed by atoms with E-state index < -0.39 is 0 Å². The third-order valence-electron chi connectivity index (χ3n) is 4.45. The van der Waals surface area contributed by atoms with Crippen molar-refractivity contribution in [2.45, 2.75) is 12.5 Å². The van der Waals surface area contributed by atoms with E-state index in [1.54, 1.807) is 6.07 Å². The summed E-state index contributed by atoms with van der Waals surface area (Å²) in [7, 11) is 0. The van der Waals surface area contributed by atoms with Gasteiger partial charge in [0.15, 0.2) is 0 Å². The molecule has 0 aromatic heterocycles. The smallest absolute Gasteiger partial charge is 0.128 e. The average Bonchev–Trinajstić information content (AvgIpc) is 3.08. The van der Waals surface area contributed by atoms with Gasteiger partial charge in [-0.05, 0) is 51.8 Å². The minimum absolute atomic E-state index is 0.208. The Morgan fingerprint density at radius 2 is 1.65 bits per heavy atom. The molecule has 2 nitrogen and oxygen atoms in total. The molecule has 1 heterocycles. The molecule has 0 saturated heterocycles. The molecule has 0 bridgehead atoms. The van der Waals surface area contributed by atoms with Crippen molar-refractivity contribution in [1.29, 1.82) is 0 Å². The zero-order valence-electron chi connectivity index (χ0n) is 13.7. The minimum atomic E-state index is -0.220. The highest BCUT2D eigenvalue weighted by atomic mass is 79.9. The summed E-state index contributed by atoms with van der Waals surface area (Å²) in [5.74, 6) is -0.220. The molecule has 0 saturated carbocycles. The molecule has 0 spiro atoms. The number of hydrogen-bond acceptors (Lipinski definition) is 2. The highest BCUT2D eigenvalue weighted by Crippen LogP contribution is 2.40. The van der Waals surface area contributed by atoms with Crippen LogP contribution in [0.1, 0.15) is 23.6 Å². The summed E-state index contributed by atoms with van der Waals surface area (Å²) in [6.45, 7) is 0. The monoisotopic (exact) mass is 428 g/mol. The Morgan fingerprint density at radius 3 is 2.38 bits per heavy atom. The van der Waals surface area contributed by atoms with Crippen molar-refractivity contribution in [2.24, 2.45) is 5.10 Å². The van der Waals surface area contributed by atoms with E-state index in [2.05, 4.69) is 15.9 Å². The third-order valence-corrected chi connectivity index (χ3v) is 5.37. The molecule has 1 atom stereocenters. The fourth-order valence-corrected chi connectivity index (χ4v) is 3.77. The molecule has 3 aromatic rings. The molecule has 3 aromatic carbocycles. The van der Waals surface area contributed by atoms with Crippen molar-refractivity contribution < 1.29 is 4.39 Å². The molecule has 1 aliphatic heterocycles. The Hall–Kier alpha value is -2.17. The van der Waals surface area contributed by atoms with Crippen molar-refractivity contribution in [3.8, 4) is 0 Å². The van der Waals surface area contributed by atoms with Crippen LogP contribution in [0.15, 0.2) is 82.4 Å². The van der Waals surface area contributed by atoms with E-state index in [-0.39, 0.29) is 11.9 Å². The van der Waals surface area contributed by atoms with Crippen LogP contribution < -0.4 is 5.01 Å². The van der Waals surface area contributed by atoms with Crippen LogP contribution in [-0.4, -0.2) is 5.71 Å². The van der Waals surface area contributed by atoms with Gasteiger partial charge in [0, 0.05) is 21.5 Å². The Labute approximate surface area is 165 Å². The highest BCUT2D eigenvalue weighted by molar-refractivity contribution is 9.10. The van der Waals surface area contributed by atoms with Crippen LogP contribution in [0, 0.1) is 5.82 Å². The summed E-state index contributed by atoms with van der Waals surface area (Å²) in [4.78, 5) is 0. The maximum Gasteiger partial charge on any atom is 0.128 e. The Morgan fingerprint density at radius 1 is 0.962 bits per heavy atom. The van der Waals surface area contributed by atoms with Crippen molar-refractivity contribution in [3.63, 3.8) is 0 Å². The van der Waals surface area contributed by atoms with Gasteiger partial charge in [0.05, 0.1) is 17.4 Å². The van der Waals surface area contributed by atoms with Crippen molar-refractivity contribution in [1.82, 2.24) is 0 Å². The van der Waals surface area contributed by atoms with Gasteiger partial charge in [-0.1, -0.05) is 54.1 Å². The first-order chi connectivity index (χ1) is 12.6. The summed E-state index contributed by atoms with van der Waals surface area (Å²) in [6, 6.07) is 22.1. The first kappa shape index (κ1) is 17.3. The second-order valence-electron chi connectivity index (χ2n) is 6.09. The molecule has 0 radical (unpaired) electrons. The van der Waals surface area contributed by atoms with Gasteiger partial charge in [-0.25, -0.2) is 4.39 Å². The number of rotatable bonds is 3. The maximum atomic E-state index is 14.5. The number of benzene rings is 3. The molecule has 1 aliphatic rings. The van der Waals surface area contributed by atoms with Crippen molar-refractivity contribution in [3.05, 3.63) is 99.2 Å². The molecular formula is C21H15BrClFN2. The fourth-order valence-electron chi connectivity index (χ4n) is 3.17. The van der Waals surface area contributed by atoms with Gasteiger partial charge in [-0.2, -0.15) is 5.10 Å². The van der Waals surface area contributed by atoms with Crippen LogP contribution in [0.25, 0.3) is 0 Å². The molecule has 5 heteroatoms. The Kier molecular flexibility index (Phi) is 4.79. The molecule has 4 rings (SSSR count). The quantitative estimate of drug-likeness (QED) is 0.458. The second kappa shape index (κ2) is 7.22. The van der Waals surface area contributed by atoms with Gasteiger partial charge in [0.25, 0.3) is 0 Å². The number of nitrogens with zero attached hydrogens (tertiary/aromatic N) is 2. The molecule has 130 valence electrons. The van der Waals surface area contributed by atoms with E-state index in [1.165, 1.54) is 6.07 Å². The highest BCUT2D eigenvalue weighted by Gasteiger charge is 2.32. The lowest BCUT2D eigenvalue weighted by Gasteiger charge is -2.25. The van der Waals surface area contributed by atoms with Crippen LogP contribution >= 0.6 is 27.5 Å². The number of hydrazone groups is 1.